The average Bonchev–Trinajstić information content (AvgIpc) is 2.42. The number of hydrogen-bond donors (Lipinski definition) is 0. The molecule has 0 aromatic carbocycles. The topological polar surface area (TPSA) is 43.4 Å². The van der Waals surface area contributed by atoms with Crippen molar-refractivity contribution in [2.75, 3.05) is 6.26 Å². The van der Waals surface area contributed by atoms with Gasteiger partial charge in [-0.1, -0.05) is 0 Å². The van der Waals surface area contributed by atoms with E-state index in [0.717, 1.165) is 11.8 Å². The molecule has 0 amide bonds. The van der Waals surface area contributed by atoms with E-state index in [-0.39, 0.29) is 6.10 Å². The fourth-order valence-corrected chi connectivity index (χ4v) is 4.86. The van der Waals surface area contributed by atoms with Gasteiger partial charge in [0.2, 0.25) is 0 Å². The Morgan fingerprint density at radius 2 is 1.53 bits per heavy atom. The molecule has 0 aromatic rings. The zero-order chi connectivity index (χ0) is 10.6. The van der Waals surface area contributed by atoms with Gasteiger partial charge in [0.25, 0.3) is 10.1 Å². The molecular weight excluding hydrogens is 212 g/mol. The summed E-state index contributed by atoms with van der Waals surface area (Å²) in [6.07, 6.45) is 7.29. The van der Waals surface area contributed by atoms with E-state index in [2.05, 4.69) is 0 Å². The highest BCUT2D eigenvalue weighted by Gasteiger charge is 2.51. The van der Waals surface area contributed by atoms with Crippen molar-refractivity contribution in [1.29, 1.82) is 0 Å². The molecule has 0 aromatic heterocycles. The zero-order valence-corrected chi connectivity index (χ0v) is 9.87. The van der Waals surface area contributed by atoms with E-state index < -0.39 is 10.1 Å². The van der Waals surface area contributed by atoms with E-state index in [4.69, 9.17) is 4.18 Å². The Labute approximate surface area is 91.3 Å². The fourth-order valence-electron chi connectivity index (χ4n) is 4.15. The first-order valence-electron chi connectivity index (χ1n) is 5.91. The summed E-state index contributed by atoms with van der Waals surface area (Å²) in [5.41, 5.74) is 0. The molecule has 3 fully saturated rings. The van der Waals surface area contributed by atoms with Crippen LogP contribution in [0, 0.1) is 23.7 Å². The third-order valence-corrected chi connectivity index (χ3v) is 5.18. The summed E-state index contributed by atoms with van der Waals surface area (Å²) in [4.78, 5) is 0. The minimum absolute atomic E-state index is 0.00347. The molecule has 3 nitrogen and oxygen atoms in total. The zero-order valence-electron chi connectivity index (χ0n) is 9.06. The summed E-state index contributed by atoms with van der Waals surface area (Å²) in [5, 5.41) is 0. The van der Waals surface area contributed by atoms with Crippen LogP contribution in [0.3, 0.4) is 0 Å². The molecule has 0 N–H and O–H groups in total. The lowest BCUT2D eigenvalue weighted by molar-refractivity contribution is 0.0322. The van der Waals surface area contributed by atoms with Crippen molar-refractivity contribution >= 4 is 10.1 Å². The second kappa shape index (κ2) is 3.20. The van der Waals surface area contributed by atoms with Crippen molar-refractivity contribution in [3.8, 4) is 0 Å². The molecule has 4 unspecified atom stereocenters. The molecule has 0 radical (unpaired) electrons. The van der Waals surface area contributed by atoms with Gasteiger partial charge in [-0.15, -0.1) is 0 Å². The van der Waals surface area contributed by atoms with Gasteiger partial charge in [-0.2, -0.15) is 8.42 Å². The molecule has 3 bridgehead atoms. The molecule has 0 heterocycles. The van der Waals surface area contributed by atoms with Crippen LogP contribution in [0.4, 0.5) is 0 Å². The molecule has 0 saturated heterocycles. The van der Waals surface area contributed by atoms with Gasteiger partial charge in [0, 0.05) is 0 Å². The van der Waals surface area contributed by atoms with Crippen molar-refractivity contribution < 1.29 is 12.6 Å². The standard InChI is InChI=1S/C11H18O3S/c1-15(12,13)14-11-8-3-2-7-4-10(11)6-9(7)5-8/h7-11H,2-6H2,1H3/t7?,8?,9?,10?,11-/m0/s1. The molecular formula is C11H18O3S. The Balaban J connectivity index is 1.84. The Morgan fingerprint density at radius 1 is 0.933 bits per heavy atom. The van der Waals surface area contributed by atoms with Gasteiger partial charge < -0.3 is 0 Å². The van der Waals surface area contributed by atoms with E-state index in [1.54, 1.807) is 0 Å². The molecule has 86 valence electrons. The second-order valence-electron chi connectivity index (χ2n) is 5.59. The van der Waals surface area contributed by atoms with Gasteiger partial charge in [0.1, 0.15) is 0 Å². The minimum Gasteiger partial charge on any atom is -0.266 e. The average molecular weight is 230 g/mol. The molecule has 5 atom stereocenters. The summed E-state index contributed by atoms with van der Waals surface area (Å²) in [5.74, 6) is 2.80. The van der Waals surface area contributed by atoms with Crippen molar-refractivity contribution in [3.63, 3.8) is 0 Å². The van der Waals surface area contributed by atoms with Crippen molar-refractivity contribution in [1.82, 2.24) is 0 Å². The van der Waals surface area contributed by atoms with Crippen LogP contribution < -0.4 is 0 Å². The van der Waals surface area contributed by atoms with Gasteiger partial charge in [0.15, 0.2) is 0 Å². The first-order valence-corrected chi connectivity index (χ1v) is 7.73. The van der Waals surface area contributed by atoms with Crippen LogP contribution in [0.2, 0.25) is 0 Å². The van der Waals surface area contributed by atoms with Crippen LogP contribution in [-0.2, 0) is 14.3 Å². The van der Waals surface area contributed by atoms with Gasteiger partial charge in [0.05, 0.1) is 12.4 Å². The Morgan fingerprint density at radius 3 is 2.27 bits per heavy atom. The van der Waals surface area contributed by atoms with Gasteiger partial charge >= 0.3 is 0 Å². The van der Waals surface area contributed by atoms with Gasteiger partial charge in [-0.25, -0.2) is 0 Å². The van der Waals surface area contributed by atoms with E-state index in [1.165, 1.54) is 38.4 Å². The molecule has 0 spiro atoms. The maximum Gasteiger partial charge on any atom is 0.264 e. The normalized spacial score (nSPS) is 48.5. The van der Waals surface area contributed by atoms with Crippen LogP contribution >= 0.6 is 0 Å². The van der Waals surface area contributed by atoms with Gasteiger partial charge in [-0.3, -0.25) is 4.18 Å². The Bertz CT molecular complexity index is 354. The van der Waals surface area contributed by atoms with Crippen LogP contribution in [0.15, 0.2) is 0 Å². The highest BCUT2D eigenvalue weighted by molar-refractivity contribution is 7.86. The summed E-state index contributed by atoms with van der Waals surface area (Å²) in [6.45, 7) is 0. The molecule has 3 aliphatic carbocycles. The van der Waals surface area contributed by atoms with Crippen LogP contribution in [-0.4, -0.2) is 20.8 Å². The lowest BCUT2D eigenvalue weighted by Crippen LogP contribution is -2.38. The maximum absolute atomic E-state index is 11.2. The maximum atomic E-state index is 11.2. The number of rotatable bonds is 2. The summed E-state index contributed by atoms with van der Waals surface area (Å²) in [6, 6.07) is 0. The molecule has 3 saturated carbocycles. The lowest BCUT2D eigenvalue weighted by Gasteiger charge is -2.38. The summed E-state index contributed by atoms with van der Waals surface area (Å²) >= 11 is 0. The van der Waals surface area contributed by atoms with Crippen LogP contribution in [0.5, 0.6) is 0 Å². The van der Waals surface area contributed by atoms with E-state index in [1.807, 2.05) is 0 Å². The first-order chi connectivity index (χ1) is 7.03. The fraction of sp³-hybridized carbons (Fsp3) is 1.00. The quantitative estimate of drug-likeness (QED) is 0.679. The smallest absolute Gasteiger partial charge is 0.264 e. The van der Waals surface area contributed by atoms with Gasteiger partial charge in [-0.05, 0) is 55.8 Å². The summed E-state index contributed by atoms with van der Waals surface area (Å²) in [7, 11) is -3.27. The van der Waals surface area contributed by atoms with Crippen molar-refractivity contribution in [2.24, 2.45) is 23.7 Å². The molecule has 15 heavy (non-hydrogen) atoms. The predicted molar refractivity (Wildman–Crippen MR) is 56.8 cm³/mol. The Kier molecular flexibility index (Phi) is 2.15. The minimum atomic E-state index is -3.27. The van der Waals surface area contributed by atoms with Crippen LogP contribution in [0.1, 0.15) is 32.1 Å². The monoisotopic (exact) mass is 230 g/mol. The van der Waals surface area contributed by atoms with E-state index >= 15 is 0 Å². The third kappa shape index (κ3) is 1.72. The number of hydrogen-bond acceptors (Lipinski definition) is 3. The largest absolute Gasteiger partial charge is 0.266 e. The molecule has 3 rings (SSSR count). The van der Waals surface area contributed by atoms with E-state index in [0.29, 0.717) is 11.8 Å². The highest BCUT2D eigenvalue weighted by Crippen LogP contribution is 2.56. The van der Waals surface area contributed by atoms with E-state index in [9.17, 15) is 8.42 Å². The second-order valence-corrected chi connectivity index (χ2v) is 7.19. The third-order valence-electron chi connectivity index (χ3n) is 4.61. The Hall–Kier alpha value is -0.0900. The van der Waals surface area contributed by atoms with Crippen molar-refractivity contribution in [3.05, 3.63) is 0 Å². The molecule has 4 heteroatoms. The first kappa shape index (κ1) is 10.1. The molecule has 3 aliphatic rings. The lowest BCUT2D eigenvalue weighted by atomic mass is 9.71. The van der Waals surface area contributed by atoms with Crippen LogP contribution in [0.25, 0.3) is 0 Å². The highest BCUT2D eigenvalue weighted by atomic mass is 32.2. The van der Waals surface area contributed by atoms with Crippen molar-refractivity contribution in [2.45, 2.75) is 38.2 Å². The predicted octanol–water partition coefficient (Wildman–Crippen LogP) is 1.79. The molecule has 0 aliphatic heterocycles. The SMILES string of the molecule is CS(=O)(=O)O[C@H]1C2CCC3CC1CC3C2. The summed E-state index contributed by atoms with van der Waals surface area (Å²) < 4.78 is 27.8. The number of fused-ring (bicyclic) bond motifs is 2.